The molecule has 0 aliphatic carbocycles. The molecule has 1 aliphatic rings. The topological polar surface area (TPSA) is 69.4 Å². The molecule has 1 unspecified atom stereocenters. The van der Waals surface area contributed by atoms with E-state index in [1.54, 1.807) is 12.1 Å². The SMILES string of the molecule is NCc1ccc(CS(=O)(=O)CC2CCCO2)c(Cl)c1. The van der Waals surface area contributed by atoms with Crippen LogP contribution in [0.3, 0.4) is 0 Å². The van der Waals surface area contributed by atoms with E-state index in [9.17, 15) is 8.42 Å². The highest BCUT2D eigenvalue weighted by atomic mass is 35.5. The van der Waals surface area contributed by atoms with E-state index in [1.165, 1.54) is 0 Å². The monoisotopic (exact) mass is 303 g/mol. The first-order valence-electron chi connectivity index (χ1n) is 6.29. The van der Waals surface area contributed by atoms with Crippen LogP contribution in [0.25, 0.3) is 0 Å². The van der Waals surface area contributed by atoms with Crippen molar-refractivity contribution in [1.29, 1.82) is 0 Å². The Bertz CT molecular complexity index is 539. The van der Waals surface area contributed by atoms with Crippen molar-refractivity contribution in [3.63, 3.8) is 0 Å². The average molecular weight is 304 g/mol. The third-order valence-corrected chi connectivity index (χ3v) is 5.17. The fraction of sp³-hybridized carbons (Fsp3) is 0.538. The van der Waals surface area contributed by atoms with Crippen LogP contribution in [-0.4, -0.2) is 26.9 Å². The van der Waals surface area contributed by atoms with Crippen molar-refractivity contribution in [3.05, 3.63) is 34.3 Å². The van der Waals surface area contributed by atoms with Crippen molar-refractivity contribution in [2.24, 2.45) is 5.73 Å². The molecule has 6 heteroatoms. The first kappa shape index (κ1) is 14.8. The number of halogens is 1. The molecular weight excluding hydrogens is 286 g/mol. The summed E-state index contributed by atoms with van der Waals surface area (Å²) in [7, 11) is -3.20. The van der Waals surface area contributed by atoms with Gasteiger partial charge in [-0.15, -0.1) is 0 Å². The van der Waals surface area contributed by atoms with Crippen LogP contribution in [0, 0.1) is 0 Å². The molecule has 4 nitrogen and oxygen atoms in total. The molecule has 1 saturated heterocycles. The Kier molecular flexibility index (Phi) is 4.84. The van der Waals surface area contributed by atoms with Gasteiger partial charge in [-0.1, -0.05) is 23.7 Å². The van der Waals surface area contributed by atoms with Gasteiger partial charge in [-0.2, -0.15) is 0 Å². The van der Waals surface area contributed by atoms with E-state index in [0.717, 1.165) is 18.4 Å². The predicted octanol–water partition coefficient (Wildman–Crippen LogP) is 1.89. The number of hydrogen-bond acceptors (Lipinski definition) is 4. The van der Waals surface area contributed by atoms with Crippen molar-refractivity contribution in [2.75, 3.05) is 12.4 Å². The van der Waals surface area contributed by atoms with Gasteiger partial charge in [0, 0.05) is 18.2 Å². The Balaban J connectivity index is 2.06. The number of sulfone groups is 1. The summed E-state index contributed by atoms with van der Waals surface area (Å²) in [6.45, 7) is 1.05. The minimum Gasteiger partial charge on any atom is -0.377 e. The Hall–Kier alpha value is -0.620. The maximum absolute atomic E-state index is 12.1. The zero-order valence-electron chi connectivity index (χ0n) is 10.6. The van der Waals surface area contributed by atoms with Gasteiger partial charge in [0.15, 0.2) is 9.84 Å². The molecule has 1 aromatic rings. The van der Waals surface area contributed by atoms with Crippen molar-refractivity contribution >= 4 is 21.4 Å². The summed E-state index contributed by atoms with van der Waals surface area (Å²) in [6, 6.07) is 5.26. The lowest BCUT2D eigenvalue weighted by Crippen LogP contribution is -2.21. The van der Waals surface area contributed by atoms with Gasteiger partial charge in [0.1, 0.15) is 0 Å². The molecule has 0 saturated carbocycles. The van der Waals surface area contributed by atoms with E-state index in [0.29, 0.717) is 23.7 Å². The Morgan fingerprint density at radius 2 is 2.21 bits per heavy atom. The second-order valence-corrected chi connectivity index (χ2v) is 7.34. The molecule has 106 valence electrons. The molecular formula is C13H18ClNO3S. The Morgan fingerprint density at radius 3 is 2.79 bits per heavy atom. The largest absolute Gasteiger partial charge is 0.377 e. The van der Waals surface area contributed by atoms with Crippen LogP contribution in [0.4, 0.5) is 0 Å². The van der Waals surface area contributed by atoms with Crippen LogP contribution >= 0.6 is 11.6 Å². The smallest absolute Gasteiger partial charge is 0.157 e. The van der Waals surface area contributed by atoms with Crippen molar-refractivity contribution in [3.8, 4) is 0 Å². The average Bonchev–Trinajstić information content (AvgIpc) is 2.83. The van der Waals surface area contributed by atoms with Crippen molar-refractivity contribution in [1.82, 2.24) is 0 Å². The van der Waals surface area contributed by atoms with Crippen LogP contribution < -0.4 is 5.73 Å². The molecule has 1 aromatic carbocycles. The van der Waals surface area contributed by atoms with Gasteiger partial charge in [-0.25, -0.2) is 8.42 Å². The Morgan fingerprint density at radius 1 is 1.42 bits per heavy atom. The summed E-state index contributed by atoms with van der Waals surface area (Å²) in [4.78, 5) is 0. The second kappa shape index (κ2) is 6.22. The van der Waals surface area contributed by atoms with Gasteiger partial charge >= 0.3 is 0 Å². The van der Waals surface area contributed by atoms with Gasteiger partial charge in [0.25, 0.3) is 0 Å². The minimum absolute atomic E-state index is 0.0451. The molecule has 1 heterocycles. The highest BCUT2D eigenvalue weighted by Crippen LogP contribution is 2.22. The number of nitrogens with two attached hydrogens (primary N) is 1. The van der Waals surface area contributed by atoms with Crippen molar-refractivity contribution in [2.45, 2.75) is 31.2 Å². The molecule has 0 bridgehead atoms. The molecule has 1 fully saturated rings. The lowest BCUT2D eigenvalue weighted by molar-refractivity contribution is 0.127. The van der Waals surface area contributed by atoms with E-state index >= 15 is 0 Å². The van der Waals surface area contributed by atoms with Gasteiger partial charge in [0.2, 0.25) is 0 Å². The lowest BCUT2D eigenvalue weighted by Gasteiger charge is -2.11. The highest BCUT2D eigenvalue weighted by molar-refractivity contribution is 7.90. The number of ether oxygens (including phenoxy) is 1. The van der Waals surface area contributed by atoms with Gasteiger partial charge in [0.05, 0.1) is 17.6 Å². The van der Waals surface area contributed by atoms with Crippen LogP contribution in [-0.2, 0) is 26.9 Å². The first-order chi connectivity index (χ1) is 9.00. The fourth-order valence-electron chi connectivity index (χ4n) is 2.19. The molecule has 19 heavy (non-hydrogen) atoms. The van der Waals surface area contributed by atoms with E-state index < -0.39 is 9.84 Å². The van der Waals surface area contributed by atoms with Crippen LogP contribution in [0.2, 0.25) is 5.02 Å². The third-order valence-electron chi connectivity index (χ3n) is 3.19. The van der Waals surface area contributed by atoms with E-state index in [4.69, 9.17) is 22.1 Å². The summed E-state index contributed by atoms with van der Waals surface area (Å²) in [5, 5.41) is 0.457. The van der Waals surface area contributed by atoms with Gasteiger partial charge in [-0.05, 0) is 30.0 Å². The molecule has 0 aromatic heterocycles. The molecule has 2 rings (SSSR count). The first-order valence-corrected chi connectivity index (χ1v) is 8.49. The van der Waals surface area contributed by atoms with Gasteiger partial charge in [-0.3, -0.25) is 0 Å². The minimum atomic E-state index is -3.20. The van der Waals surface area contributed by atoms with Gasteiger partial charge < -0.3 is 10.5 Å². The summed E-state index contributed by atoms with van der Waals surface area (Å²) in [5.74, 6) is 0.0263. The molecule has 1 aliphatic heterocycles. The summed E-state index contributed by atoms with van der Waals surface area (Å²) in [5.41, 5.74) is 7.03. The zero-order valence-corrected chi connectivity index (χ0v) is 12.2. The molecule has 0 amide bonds. The van der Waals surface area contributed by atoms with E-state index in [2.05, 4.69) is 0 Å². The molecule has 0 radical (unpaired) electrons. The molecule has 1 atom stereocenters. The standard InChI is InChI=1S/C13H18ClNO3S/c14-13-6-10(7-15)3-4-11(13)8-19(16,17)9-12-2-1-5-18-12/h3-4,6,12H,1-2,5,7-9,15H2. The normalized spacial score (nSPS) is 19.8. The number of rotatable bonds is 5. The molecule has 0 spiro atoms. The summed E-state index contributed by atoms with van der Waals surface area (Å²) in [6.07, 6.45) is 1.60. The fourth-order valence-corrected chi connectivity index (χ4v) is 4.21. The van der Waals surface area contributed by atoms with Crippen LogP contribution in [0.15, 0.2) is 18.2 Å². The zero-order chi connectivity index (χ0) is 13.9. The van der Waals surface area contributed by atoms with Crippen LogP contribution in [0.1, 0.15) is 24.0 Å². The maximum atomic E-state index is 12.1. The Labute approximate surface area is 118 Å². The summed E-state index contributed by atoms with van der Waals surface area (Å²) < 4.78 is 29.6. The van der Waals surface area contributed by atoms with Crippen molar-refractivity contribution < 1.29 is 13.2 Å². The quantitative estimate of drug-likeness (QED) is 0.902. The maximum Gasteiger partial charge on any atom is 0.157 e. The number of benzene rings is 1. The third kappa shape index (κ3) is 4.18. The second-order valence-electron chi connectivity index (χ2n) is 4.82. The number of hydrogen-bond donors (Lipinski definition) is 1. The highest BCUT2D eigenvalue weighted by Gasteiger charge is 2.24. The predicted molar refractivity (Wildman–Crippen MR) is 75.8 cm³/mol. The molecule has 2 N–H and O–H groups in total. The van der Waals surface area contributed by atoms with E-state index in [1.807, 2.05) is 6.07 Å². The van der Waals surface area contributed by atoms with Crippen LogP contribution in [0.5, 0.6) is 0 Å². The van der Waals surface area contributed by atoms with E-state index in [-0.39, 0.29) is 17.6 Å². The lowest BCUT2D eigenvalue weighted by atomic mass is 10.1. The summed E-state index contributed by atoms with van der Waals surface area (Å²) >= 11 is 6.08.